The number of ether oxygens (including phenoxy) is 2. The Balaban J connectivity index is 1.60. The minimum absolute atomic E-state index is 0.0230. The van der Waals surface area contributed by atoms with E-state index >= 15 is 0 Å². The molecule has 4 heteroatoms. The van der Waals surface area contributed by atoms with Crippen LogP contribution in [0.4, 0.5) is 0 Å². The molecule has 0 radical (unpaired) electrons. The molecule has 0 aromatic heterocycles. The smallest absolute Gasteiger partial charge is 0.246 e. The maximum Gasteiger partial charge on any atom is 0.246 e. The lowest BCUT2D eigenvalue weighted by molar-refractivity contribution is -0.126. The number of carbonyl (C=O) groups is 1. The molecule has 100 valence electrons. The first kappa shape index (κ1) is 12.4. The highest BCUT2D eigenvalue weighted by Gasteiger charge is 2.32. The van der Waals surface area contributed by atoms with Crippen LogP contribution in [0, 0.1) is 0 Å². The lowest BCUT2D eigenvalue weighted by Crippen LogP contribution is -2.36. The Labute approximate surface area is 112 Å². The summed E-state index contributed by atoms with van der Waals surface area (Å²) in [6, 6.07) is 9.82. The second-order valence-corrected chi connectivity index (χ2v) is 4.90. The van der Waals surface area contributed by atoms with Crippen LogP contribution in [-0.4, -0.2) is 49.3 Å². The molecule has 0 spiro atoms. The molecule has 0 saturated carbocycles. The van der Waals surface area contributed by atoms with Gasteiger partial charge < -0.3 is 14.4 Å². The molecule has 2 heterocycles. The molecule has 1 aromatic carbocycles. The van der Waals surface area contributed by atoms with Gasteiger partial charge in [-0.2, -0.15) is 0 Å². The summed E-state index contributed by atoms with van der Waals surface area (Å²) in [4.78, 5) is 14.0. The quantitative estimate of drug-likeness (QED) is 0.572. The summed E-state index contributed by atoms with van der Waals surface area (Å²) in [5.74, 6) is 0.0230. The Kier molecular flexibility index (Phi) is 3.62. The molecule has 2 unspecified atom stereocenters. The number of nitrogens with zero attached hydrogens (tertiary/aromatic N) is 1. The first-order valence-electron chi connectivity index (χ1n) is 6.56. The largest absolute Gasteiger partial charge is 0.371 e. The van der Waals surface area contributed by atoms with E-state index in [-0.39, 0.29) is 18.1 Å². The van der Waals surface area contributed by atoms with Crippen LogP contribution < -0.4 is 0 Å². The van der Waals surface area contributed by atoms with Gasteiger partial charge in [-0.1, -0.05) is 30.3 Å². The van der Waals surface area contributed by atoms with E-state index in [1.165, 1.54) is 0 Å². The molecule has 2 saturated heterocycles. The number of hydrogen-bond acceptors (Lipinski definition) is 3. The van der Waals surface area contributed by atoms with Crippen molar-refractivity contribution in [2.45, 2.75) is 12.2 Å². The zero-order valence-electron chi connectivity index (χ0n) is 10.7. The van der Waals surface area contributed by atoms with Gasteiger partial charge in [0.2, 0.25) is 5.91 Å². The van der Waals surface area contributed by atoms with Gasteiger partial charge in [-0.3, -0.25) is 4.79 Å². The van der Waals surface area contributed by atoms with Gasteiger partial charge in [0.1, 0.15) is 0 Å². The highest BCUT2D eigenvalue weighted by atomic mass is 16.6. The van der Waals surface area contributed by atoms with Crippen LogP contribution in [0.3, 0.4) is 0 Å². The third kappa shape index (κ3) is 3.91. The Hall–Kier alpha value is -1.65. The highest BCUT2D eigenvalue weighted by Crippen LogP contribution is 2.16. The van der Waals surface area contributed by atoms with Crippen LogP contribution >= 0.6 is 0 Å². The molecule has 2 aliphatic heterocycles. The summed E-state index contributed by atoms with van der Waals surface area (Å²) >= 11 is 0. The second-order valence-electron chi connectivity index (χ2n) is 4.90. The second kappa shape index (κ2) is 5.55. The van der Waals surface area contributed by atoms with Crippen molar-refractivity contribution >= 4 is 12.0 Å². The van der Waals surface area contributed by atoms with E-state index in [2.05, 4.69) is 0 Å². The SMILES string of the molecule is O=C(/C=C/c1ccccc1)N(CC1CO1)CC1CO1. The molecule has 0 aliphatic carbocycles. The van der Waals surface area contributed by atoms with E-state index in [1.54, 1.807) is 6.08 Å². The topological polar surface area (TPSA) is 45.4 Å². The van der Waals surface area contributed by atoms with Crippen molar-refractivity contribution in [1.29, 1.82) is 0 Å². The van der Waals surface area contributed by atoms with Gasteiger partial charge in [-0.15, -0.1) is 0 Å². The number of carbonyl (C=O) groups excluding carboxylic acids is 1. The lowest BCUT2D eigenvalue weighted by atomic mass is 10.2. The third-order valence-corrected chi connectivity index (χ3v) is 3.18. The van der Waals surface area contributed by atoms with Crippen molar-refractivity contribution in [2.24, 2.45) is 0 Å². The van der Waals surface area contributed by atoms with Crippen molar-refractivity contribution in [2.75, 3.05) is 26.3 Å². The summed E-state index contributed by atoms with van der Waals surface area (Å²) in [7, 11) is 0. The lowest BCUT2D eigenvalue weighted by Gasteiger charge is -2.18. The molecule has 19 heavy (non-hydrogen) atoms. The van der Waals surface area contributed by atoms with Gasteiger partial charge in [-0.25, -0.2) is 0 Å². The van der Waals surface area contributed by atoms with E-state index < -0.39 is 0 Å². The van der Waals surface area contributed by atoms with Crippen LogP contribution in [0.1, 0.15) is 5.56 Å². The van der Waals surface area contributed by atoms with Gasteiger partial charge >= 0.3 is 0 Å². The molecule has 1 amide bonds. The Morgan fingerprint density at radius 3 is 2.26 bits per heavy atom. The minimum Gasteiger partial charge on any atom is -0.371 e. The maximum atomic E-state index is 12.2. The fourth-order valence-corrected chi connectivity index (χ4v) is 1.93. The maximum absolute atomic E-state index is 12.2. The minimum atomic E-state index is 0.0230. The van der Waals surface area contributed by atoms with Gasteiger partial charge in [0.15, 0.2) is 0 Å². The first-order valence-corrected chi connectivity index (χ1v) is 6.56. The molecule has 2 aliphatic rings. The number of amides is 1. The fraction of sp³-hybridized carbons (Fsp3) is 0.400. The molecule has 3 rings (SSSR count). The van der Waals surface area contributed by atoms with Gasteiger partial charge in [-0.05, 0) is 11.6 Å². The number of epoxide rings is 2. The number of benzene rings is 1. The molecular formula is C15H17NO3. The number of rotatable bonds is 6. The zero-order valence-corrected chi connectivity index (χ0v) is 10.7. The fourth-order valence-electron chi connectivity index (χ4n) is 1.93. The van der Waals surface area contributed by atoms with E-state index in [9.17, 15) is 4.79 Å². The van der Waals surface area contributed by atoms with Crippen molar-refractivity contribution in [1.82, 2.24) is 4.90 Å². The van der Waals surface area contributed by atoms with E-state index in [4.69, 9.17) is 9.47 Å². The van der Waals surface area contributed by atoms with Crippen LogP contribution in [0.25, 0.3) is 6.08 Å². The monoisotopic (exact) mass is 259 g/mol. The van der Waals surface area contributed by atoms with Gasteiger partial charge in [0.05, 0.1) is 25.4 Å². The summed E-state index contributed by atoms with van der Waals surface area (Å²) in [6.45, 7) is 2.85. The summed E-state index contributed by atoms with van der Waals surface area (Å²) < 4.78 is 10.4. The molecule has 1 aromatic rings. The molecular weight excluding hydrogens is 242 g/mol. The summed E-state index contributed by atoms with van der Waals surface area (Å²) in [6.07, 6.45) is 3.90. The van der Waals surface area contributed by atoms with E-state index in [0.717, 1.165) is 18.8 Å². The van der Waals surface area contributed by atoms with Gasteiger partial charge in [0, 0.05) is 19.2 Å². The average molecular weight is 259 g/mol. The molecule has 0 bridgehead atoms. The summed E-state index contributed by atoms with van der Waals surface area (Å²) in [5.41, 5.74) is 1.03. The third-order valence-electron chi connectivity index (χ3n) is 3.18. The van der Waals surface area contributed by atoms with Gasteiger partial charge in [0.25, 0.3) is 0 Å². The van der Waals surface area contributed by atoms with E-state index in [1.807, 2.05) is 41.3 Å². The van der Waals surface area contributed by atoms with Crippen molar-refractivity contribution in [3.05, 3.63) is 42.0 Å². The summed E-state index contributed by atoms with van der Waals surface area (Å²) in [5, 5.41) is 0. The first-order chi connectivity index (χ1) is 9.31. The van der Waals surface area contributed by atoms with Crippen molar-refractivity contribution in [3.8, 4) is 0 Å². The van der Waals surface area contributed by atoms with Crippen molar-refractivity contribution in [3.63, 3.8) is 0 Å². The normalized spacial score (nSPS) is 24.4. The van der Waals surface area contributed by atoms with Crippen LogP contribution in [-0.2, 0) is 14.3 Å². The Morgan fingerprint density at radius 2 is 1.74 bits per heavy atom. The predicted octanol–water partition coefficient (Wildman–Crippen LogP) is 1.33. The van der Waals surface area contributed by atoms with Crippen LogP contribution in [0.15, 0.2) is 36.4 Å². The highest BCUT2D eigenvalue weighted by molar-refractivity contribution is 5.91. The zero-order chi connectivity index (χ0) is 13.1. The average Bonchev–Trinajstić information content (AvgIpc) is 3.31. The van der Waals surface area contributed by atoms with E-state index in [0.29, 0.717) is 13.1 Å². The Morgan fingerprint density at radius 1 is 1.16 bits per heavy atom. The molecule has 4 nitrogen and oxygen atoms in total. The van der Waals surface area contributed by atoms with Crippen LogP contribution in [0.2, 0.25) is 0 Å². The van der Waals surface area contributed by atoms with Crippen LogP contribution in [0.5, 0.6) is 0 Å². The standard InChI is InChI=1S/C15H17NO3/c17-15(7-6-12-4-2-1-3-5-12)16(8-13-10-18-13)9-14-11-19-14/h1-7,13-14H,8-11H2/b7-6+. The van der Waals surface area contributed by atoms with Crippen molar-refractivity contribution < 1.29 is 14.3 Å². The molecule has 2 atom stereocenters. The number of hydrogen-bond donors (Lipinski definition) is 0. The molecule has 0 N–H and O–H groups in total. The predicted molar refractivity (Wildman–Crippen MR) is 71.5 cm³/mol. The molecule has 2 fully saturated rings. The Bertz CT molecular complexity index is 450.